The van der Waals surface area contributed by atoms with Crippen LogP contribution in [0.4, 0.5) is 10.1 Å². The van der Waals surface area contributed by atoms with Crippen molar-refractivity contribution >= 4 is 28.8 Å². The second kappa shape index (κ2) is 8.91. The molecule has 4 rings (SSSR count). The van der Waals surface area contributed by atoms with Gasteiger partial charge in [-0.05, 0) is 50.2 Å². The number of halogens is 1. The molecular weight excluding hydrogens is 395 g/mol. The molecule has 3 unspecified atom stereocenters. The highest BCUT2D eigenvalue weighted by Gasteiger charge is 2.44. The maximum Gasteiger partial charge on any atom is 0.256 e. The van der Waals surface area contributed by atoms with Crippen molar-refractivity contribution in [3.05, 3.63) is 35.7 Å². The first-order valence-electron chi connectivity index (χ1n) is 11.3. The minimum Gasteiger partial charge on any atom is -0.341 e. The molecule has 0 spiro atoms. The van der Waals surface area contributed by atoms with Crippen molar-refractivity contribution in [2.24, 2.45) is 16.8 Å². The smallest absolute Gasteiger partial charge is 0.256 e. The van der Waals surface area contributed by atoms with Crippen LogP contribution in [-0.2, 0) is 9.59 Å². The molecule has 31 heavy (non-hydrogen) atoms. The van der Waals surface area contributed by atoms with Gasteiger partial charge in [-0.25, -0.2) is 4.39 Å². The number of aliphatic imine (C=N–C) groups is 1. The Morgan fingerprint density at radius 1 is 1.29 bits per heavy atom. The van der Waals surface area contributed by atoms with Crippen LogP contribution >= 0.6 is 0 Å². The molecule has 3 atom stereocenters. The standard InChI is InChI=1S/C24H31FN4O2/c1-4-28(5-2)11-12-29-10-6-7-20-22(24(29)31)15(3)21(26-20)14-18-17-13-16(25)8-9-19(17)27-23(18)30/h8-9,13-15,20,22H,4-7,10-12H2,1-3H3,(H,27,30). The number of likely N-dealkylation sites (tertiary alicyclic amines) is 1. The summed E-state index contributed by atoms with van der Waals surface area (Å²) in [6, 6.07) is 4.23. The molecule has 3 heterocycles. The molecule has 1 saturated heterocycles. The lowest BCUT2D eigenvalue weighted by Gasteiger charge is -2.28. The number of amides is 2. The van der Waals surface area contributed by atoms with Gasteiger partial charge >= 0.3 is 0 Å². The van der Waals surface area contributed by atoms with Crippen molar-refractivity contribution in [1.82, 2.24) is 9.80 Å². The Balaban J connectivity index is 1.55. The predicted octanol–water partition coefficient (Wildman–Crippen LogP) is 3.20. The SMILES string of the molecule is CCN(CC)CCN1CCCC2N=C(C=C3C(=O)Nc4ccc(F)cc43)C(C)C2C1=O. The van der Waals surface area contributed by atoms with E-state index in [0.717, 1.165) is 51.3 Å². The molecule has 2 amide bonds. The number of anilines is 1. The van der Waals surface area contributed by atoms with Crippen LogP contribution < -0.4 is 5.32 Å². The minimum atomic E-state index is -0.383. The summed E-state index contributed by atoms with van der Waals surface area (Å²) in [7, 11) is 0. The molecule has 6 nitrogen and oxygen atoms in total. The third-order valence-corrected chi connectivity index (χ3v) is 6.90. The van der Waals surface area contributed by atoms with Crippen LogP contribution in [0.1, 0.15) is 39.2 Å². The molecule has 7 heteroatoms. The Hall–Kier alpha value is -2.54. The van der Waals surface area contributed by atoms with Crippen molar-refractivity contribution in [3.63, 3.8) is 0 Å². The number of carbonyl (C=O) groups is 2. The molecule has 3 aliphatic rings. The molecule has 166 valence electrons. The highest BCUT2D eigenvalue weighted by Crippen LogP contribution is 2.37. The zero-order valence-corrected chi connectivity index (χ0v) is 18.5. The fourth-order valence-electron chi connectivity index (χ4n) is 4.99. The van der Waals surface area contributed by atoms with Crippen molar-refractivity contribution in [3.8, 4) is 0 Å². The molecule has 1 fully saturated rings. The first-order valence-corrected chi connectivity index (χ1v) is 11.3. The van der Waals surface area contributed by atoms with E-state index in [2.05, 4.69) is 24.1 Å². The monoisotopic (exact) mass is 426 g/mol. The lowest BCUT2D eigenvalue weighted by Crippen LogP contribution is -2.43. The summed E-state index contributed by atoms with van der Waals surface area (Å²) in [5.74, 6) is -0.741. The summed E-state index contributed by atoms with van der Waals surface area (Å²) < 4.78 is 13.8. The zero-order valence-electron chi connectivity index (χ0n) is 18.5. The average Bonchev–Trinajstić information content (AvgIpc) is 3.17. The number of allylic oxidation sites excluding steroid dienone is 1. The lowest BCUT2D eigenvalue weighted by atomic mass is 9.85. The van der Waals surface area contributed by atoms with Gasteiger partial charge in [0.25, 0.3) is 5.91 Å². The summed E-state index contributed by atoms with van der Waals surface area (Å²) in [5.41, 5.74) is 2.34. The Bertz CT molecular complexity index is 938. The number of hydrogen-bond donors (Lipinski definition) is 1. The summed E-state index contributed by atoms with van der Waals surface area (Å²) in [6.45, 7) is 10.6. The van der Waals surface area contributed by atoms with Gasteiger partial charge in [0.15, 0.2) is 0 Å². The second-order valence-corrected chi connectivity index (χ2v) is 8.63. The van der Waals surface area contributed by atoms with E-state index in [1.807, 2.05) is 11.8 Å². The van der Waals surface area contributed by atoms with Crippen LogP contribution in [0.5, 0.6) is 0 Å². The van der Waals surface area contributed by atoms with Crippen LogP contribution in [-0.4, -0.2) is 66.1 Å². The summed E-state index contributed by atoms with van der Waals surface area (Å²) in [6.07, 6.45) is 3.56. The quantitative estimate of drug-likeness (QED) is 0.711. The van der Waals surface area contributed by atoms with E-state index < -0.39 is 0 Å². The first-order chi connectivity index (χ1) is 14.9. The van der Waals surface area contributed by atoms with E-state index in [4.69, 9.17) is 4.99 Å². The molecule has 0 aliphatic carbocycles. The van der Waals surface area contributed by atoms with E-state index in [1.165, 1.54) is 12.1 Å². The van der Waals surface area contributed by atoms with Crippen LogP contribution in [0.15, 0.2) is 29.3 Å². The van der Waals surface area contributed by atoms with Gasteiger partial charge in [-0.2, -0.15) is 0 Å². The molecular formula is C24H31FN4O2. The summed E-state index contributed by atoms with van der Waals surface area (Å²) >= 11 is 0. The lowest BCUT2D eigenvalue weighted by molar-refractivity contribution is -0.136. The predicted molar refractivity (Wildman–Crippen MR) is 120 cm³/mol. The minimum absolute atomic E-state index is 0.0516. The fraction of sp³-hybridized carbons (Fsp3) is 0.542. The maximum absolute atomic E-state index is 13.8. The fourth-order valence-corrected chi connectivity index (χ4v) is 4.99. The van der Waals surface area contributed by atoms with Crippen molar-refractivity contribution in [1.29, 1.82) is 0 Å². The number of rotatable bonds is 6. The number of nitrogens with one attached hydrogen (secondary N) is 1. The Labute approximate surface area is 183 Å². The number of carbonyl (C=O) groups excluding carboxylic acids is 2. The number of hydrogen-bond acceptors (Lipinski definition) is 4. The van der Waals surface area contributed by atoms with Crippen LogP contribution in [0.3, 0.4) is 0 Å². The second-order valence-electron chi connectivity index (χ2n) is 8.63. The average molecular weight is 427 g/mol. The highest BCUT2D eigenvalue weighted by molar-refractivity contribution is 6.34. The van der Waals surface area contributed by atoms with Crippen LogP contribution in [0.2, 0.25) is 0 Å². The van der Waals surface area contributed by atoms with Crippen molar-refractivity contribution < 1.29 is 14.0 Å². The summed E-state index contributed by atoms with van der Waals surface area (Å²) in [4.78, 5) is 35.1. The van der Waals surface area contributed by atoms with Crippen molar-refractivity contribution in [2.75, 3.05) is 38.0 Å². The van der Waals surface area contributed by atoms with E-state index in [-0.39, 0.29) is 35.5 Å². The Morgan fingerprint density at radius 2 is 2.06 bits per heavy atom. The van der Waals surface area contributed by atoms with E-state index in [9.17, 15) is 14.0 Å². The maximum atomic E-state index is 13.8. The molecule has 3 aliphatic heterocycles. The molecule has 0 radical (unpaired) electrons. The number of nitrogens with zero attached hydrogens (tertiary/aromatic N) is 3. The van der Waals surface area contributed by atoms with Gasteiger partial charge in [-0.3, -0.25) is 14.6 Å². The number of fused-ring (bicyclic) bond motifs is 2. The van der Waals surface area contributed by atoms with Gasteiger partial charge in [0, 0.05) is 42.5 Å². The molecule has 0 bridgehead atoms. The number of likely N-dealkylation sites (N-methyl/N-ethyl adjacent to an activating group) is 1. The molecule has 1 aromatic carbocycles. The van der Waals surface area contributed by atoms with Gasteiger partial charge in [-0.15, -0.1) is 0 Å². The normalized spacial score (nSPS) is 26.7. The summed E-state index contributed by atoms with van der Waals surface area (Å²) in [5, 5.41) is 2.78. The molecule has 1 aromatic rings. The third kappa shape index (κ3) is 4.15. The van der Waals surface area contributed by atoms with Gasteiger partial charge in [0.1, 0.15) is 5.82 Å². The largest absolute Gasteiger partial charge is 0.341 e. The highest BCUT2D eigenvalue weighted by atomic mass is 19.1. The Kier molecular flexibility index (Phi) is 6.23. The van der Waals surface area contributed by atoms with E-state index in [0.29, 0.717) is 16.8 Å². The van der Waals surface area contributed by atoms with Gasteiger partial charge in [0.2, 0.25) is 5.91 Å². The van der Waals surface area contributed by atoms with Gasteiger partial charge in [0.05, 0.1) is 17.5 Å². The molecule has 0 aromatic heterocycles. The Morgan fingerprint density at radius 3 is 2.81 bits per heavy atom. The zero-order chi connectivity index (χ0) is 22.1. The third-order valence-electron chi connectivity index (χ3n) is 6.90. The molecule has 0 saturated carbocycles. The van der Waals surface area contributed by atoms with Crippen molar-refractivity contribution in [2.45, 2.75) is 39.7 Å². The number of benzene rings is 1. The van der Waals surface area contributed by atoms with Gasteiger partial charge in [-0.1, -0.05) is 20.8 Å². The molecule has 1 N–H and O–H groups in total. The topological polar surface area (TPSA) is 65.0 Å². The van der Waals surface area contributed by atoms with Gasteiger partial charge < -0.3 is 15.1 Å². The van der Waals surface area contributed by atoms with Crippen LogP contribution in [0.25, 0.3) is 5.57 Å². The first kappa shape index (κ1) is 21.7. The van der Waals surface area contributed by atoms with E-state index >= 15 is 0 Å². The van der Waals surface area contributed by atoms with Crippen LogP contribution in [0, 0.1) is 17.7 Å². The van der Waals surface area contributed by atoms with E-state index in [1.54, 1.807) is 12.1 Å².